The van der Waals surface area contributed by atoms with Gasteiger partial charge in [-0.3, -0.25) is 10.6 Å². The Morgan fingerprint density at radius 2 is 0.853 bits per heavy atom. The minimum Gasteiger partial charge on any atom is -0.446 e. The van der Waals surface area contributed by atoms with E-state index in [0.717, 1.165) is 0 Å². The Labute approximate surface area is 201 Å². The smallest absolute Gasteiger partial charge is 0.411 e. The van der Waals surface area contributed by atoms with E-state index in [1.807, 2.05) is 12.1 Å². The van der Waals surface area contributed by atoms with Gasteiger partial charge in [-0.1, -0.05) is 36.4 Å². The highest BCUT2D eigenvalue weighted by atomic mass is 16.6. The number of anilines is 2. The second kappa shape index (κ2) is 15.3. The first-order chi connectivity index (χ1) is 16.5. The van der Waals surface area contributed by atoms with Crippen LogP contribution in [-0.4, -0.2) is 63.9 Å². The van der Waals surface area contributed by atoms with Crippen LogP contribution in [0.4, 0.5) is 30.6 Å². The summed E-state index contributed by atoms with van der Waals surface area (Å²) < 4.78 is 19.4. The van der Waals surface area contributed by atoms with Gasteiger partial charge in [0.25, 0.3) is 0 Å². The van der Waals surface area contributed by atoms with Gasteiger partial charge in [-0.15, -0.1) is 0 Å². The molecule has 4 amide bonds. The van der Waals surface area contributed by atoms with Gasteiger partial charge >= 0.3 is 24.4 Å². The SMILES string of the molecule is O=C(NCCNC(=O)OCCOC(=O)Nc1ccccc1)OCCOC(=O)Nc1ccccc1.[HH].[HH].[HH].[HH]. The summed E-state index contributed by atoms with van der Waals surface area (Å²) in [6.45, 7) is -0.356. The van der Waals surface area contributed by atoms with Crippen molar-refractivity contribution in [1.29, 1.82) is 0 Å². The predicted molar refractivity (Wildman–Crippen MR) is 130 cm³/mol. The van der Waals surface area contributed by atoms with Crippen LogP contribution in [-0.2, 0) is 18.9 Å². The van der Waals surface area contributed by atoms with Gasteiger partial charge in [-0.2, -0.15) is 0 Å². The van der Waals surface area contributed by atoms with E-state index in [4.69, 9.17) is 18.9 Å². The number of hydrogen-bond acceptors (Lipinski definition) is 8. The van der Waals surface area contributed by atoms with E-state index in [1.165, 1.54) is 0 Å². The zero-order valence-electron chi connectivity index (χ0n) is 18.3. The standard InChI is InChI=1S/C22H26N4O8.4H2/c27-19(31-13-15-33-21(29)25-17-7-3-1-4-8-17)23-11-12-24-20(28)32-14-16-34-22(30)26-18-9-5-2-6-10-18;;;;/h1-10H,11-16H2,(H,23,27)(H,24,28)(H,25,29)(H,26,30);4*1H. The number of alkyl carbamates (subject to hydrolysis) is 2. The average molecular weight is 483 g/mol. The summed E-state index contributed by atoms with van der Waals surface area (Å²) in [6.07, 6.45) is -2.81. The van der Waals surface area contributed by atoms with Gasteiger partial charge in [0, 0.05) is 30.2 Å². The molecule has 2 aromatic rings. The van der Waals surface area contributed by atoms with Gasteiger partial charge in [0.1, 0.15) is 26.4 Å². The Kier molecular flexibility index (Phi) is 11.6. The molecule has 0 saturated heterocycles. The highest BCUT2D eigenvalue weighted by Crippen LogP contribution is 2.06. The van der Waals surface area contributed by atoms with E-state index in [-0.39, 0.29) is 45.2 Å². The quantitative estimate of drug-likeness (QED) is 0.278. The molecular weight excluding hydrogens is 448 g/mol. The van der Waals surface area contributed by atoms with Gasteiger partial charge in [0.15, 0.2) is 0 Å². The fraction of sp³-hybridized carbons (Fsp3) is 0.273. The fourth-order valence-corrected chi connectivity index (χ4v) is 2.32. The van der Waals surface area contributed by atoms with Crippen molar-refractivity contribution in [1.82, 2.24) is 10.6 Å². The predicted octanol–water partition coefficient (Wildman–Crippen LogP) is 3.92. The molecule has 12 nitrogen and oxygen atoms in total. The second-order valence-corrected chi connectivity index (χ2v) is 6.38. The molecule has 0 aliphatic heterocycles. The molecule has 0 aromatic heterocycles. The molecule has 2 aromatic carbocycles. The van der Waals surface area contributed by atoms with Crippen LogP contribution in [0, 0.1) is 0 Å². The zero-order chi connectivity index (χ0) is 24.4. The van der Waals surface area contributed by atoms with E-state index in [0.29, 0.717) is 11.4 Å². The summed E-state index contributed by atoms with van der Waals surface area (Å²) in [5.41, 5.74) is 1.16. The van der Waals surface area contributed by atoms with Crippen LogP contribution in [0.1, 0.15) is 5.71 Å². The lowest BCUT2D eigenvalue weighted by molar-refractivity contribution is 0.100. The van der Waals surface area contributed by atoms with Crippen molar-refractivity contribution in [3.63, 3.8) is 0 Å². The molecule has 0 spiro atoms. The molecule has 12 heteroatoms. The maximum Gasteiger partial charge on any atom is 0.411 e. The van der Waals surface area contributed by atoms with Gasteiger partial charge < -0.3 is 29.6 Å². The van der Waals surface area contributed by atoms with Crippen LogP contribution >= 0.6 is 0 Å². The molecule has 34 heavy (non-hydrogen) atoms. The zero-order valence-corrected chi connectivity index (χ0v) is 18.3. The van der Waals surface area contributed by atoms with E-state index >= 15 is 0 Å². The van der Waals surface area contributed by atoms with Crippen molar-refractivity contribution in [2.75, 3.05) is 50.2 Å². The van der Waals surface area contributed by atoms with Gasteiger partial charge in [0.2, 0.25) is 0 Å². The molecule has 0 heterocycles. The summed E-state index contributed by atoms with van der Waals surface area (Å²) in [4.78, 5) is 46.2. The number of hydrogen-bond donors (Lipinski definition) is 4. The van der Waals surface area contributed by atoms with E-state index in [1.54, 1.807) is 48.5 Å². The second-order valence-electron chi connectivity index (χ2n) is 6.38. The van der Waals surface area contributed by atoms with E-state index < -0.39 is 24.4 Å². The number of benzene rings is 2. The monoisotopic (exact) mass is 482 g/mol. The lowest BCUT2D eigenvalue weighted by Gasteiger charge is -2.10. The number of carbonyl (C=O) groups is 4. The topological polar surface area (TPSA) is 153 Å². The third-order valence-electron chi connectivity index (χ3n) is 3.80. The third kappa shape index (κ3) is 11.8. The molecule has 0 unspecified atom stereocenters. The summed E-state index contributed by atoms with van der Waals surface area (Å²) in [5.74, 6) is 0. The highest BCUT2D eigenvalue weighted by Gasteiger charge is 2.07. The van der Waals surface area contributed by atoms with Crippen LogP contribution in [0.25, 0.3) is 0 Å². The maximum absolute atomic E-state index is 11.6. The molecule has 0 saturated carbocycles. The number of ether oxygens (including phenoxy) is 4. The molecule has 2 rings (SSSR count). The maximum atomic E-state index is 11.6. The molecule has 190 valence electrons. The molecule has 0 radical (unpaired) electrons. The van der Waals surface area contributed by atoms with Crippen LogP contribution in [0.5, 0.6) is 0 Å². The number of carbonyl (C=O) groups excluding carboxylic acids is 4. The van der Waals surface area contributed by atoms with Crippen molar-refractivity contribution in [3.8, 4) is 0 Å². The van der Waals surface area contributed by atoms with Crippen molar-refractivity contribution in [3.05, 3.63) is 60.7 Å². The Hall–Kier alpha value is -4.48. The Bertz CT molecular complexity index is 855. The summed E-state index contributed by atoms with van der Waals surface area (Å²) >= 11 is 0. The minimum absolute atomic E-state index is 0. The Morgan fingerprint density at radius 3 is 1.21 bits per heavy atom. The normalized spacial score (nSPS) is 9.76. The first-order valence-corrected chi connectivity index (χ1v) is 10.3. The lowest BCUT2D eigenvalue weighted by Crippen LogP contribution is -2.36. The fourth-order valence-electron chi connectivity index (χ4n) is 2.32. The number of rotatable bonds is 11. The first kappa shape index (κ1) is 25.8. The lowest BCUT2D eigenvalue weighted by atomic mass is 10.3. The Morgan fingerprint density at radius 1 is 0.529 bits per heavy atom. The summed E-state index contributed by atoms with van der Waals surface area (Å²) in [6, 6.07) is 17.5. The van der Waals surface area contributed by atoms with Gasteiger partial charge in [0.05, 0.1) is 0 Å². The van der Waals surface area contributed by atoms with Crippen molar-refractivity contribution in [2.45, 2.75) is 0 Å². The average Bonchev–Trinajstić information content (AvgIpc) is 2.83. The molecule has 0 aliphatic carbocycles. The Balaban J connectivity index is -0.00000306. The molecule has 0 bridgehead atoms. The van der Waals surface area contributed by atoms with Crippen molar-refractivity contribution in [2.24, 2.45) is 0 Å². The number of amides is 4. The minimum atomic E-state index is -0.736. The third-order valence-corrected chi connectivity index (χ3v) is 3.80. The number of para-hydroxylation sites is 2. The largest absolute Gasteiger partial charge is 0.446 e. The molecule has 0 fully saturated rings. The number of nitrogens with one attached hydrogen (secondary N) is 4. The van der Waals surface area contributed by atoms with Crippen LogP contribution in [0.2, 0.25) is 0 Å². The highest BCUT2D eigenvalue weighted by molar-refractivity contribution is 5.85. The van der Waals surface area contributed by atoms with Crippen molar-refractivity contribution >= 4 is 35.7 Å². The molecular formula is C22H34N4O8. The van der Waals surface area contributed by atoms with Crippen LogP contribution in [0.15, 0.2) is 60.7 Å². The molecule has 0 atom stereocenters. The summed E-state index contributed by atoms with van der Waals surface area (Å²) in [7, 11) is 0. The molecule has 0 aliphatic rings. The first-order valence-electron chi connectivity index (χ1n) is 10.3. The van der Waals surface area contributed by atoms with E-state index in [2.05, 4.69) is 21.3 Å². The van der Waals surface area contributed by atoms with Crippen molar-refractivity contribution < 1.29 is 43.8 Å². The molecule has 4 N–H and O–H groups in total. The van der Waals surface area contributed by atoms with E-state index in [9.17, 15) is 19.2 Å². The van der Waals surface area contributed by atoms with Gasteiger partial charge in [-0.05, 0) is 24.3 Å². The van der Waals surface area contributed by atoms with Gasteiger partial charge in [-0.25, -0.2) is 19.2 Å². The summed E-state index contributed by atoms with van der Waals surface area (Å²) in [5, 5.41) is 9.85. The van der Waals surface area contributed by atoms with Crippen LogP contribution < -0.4 is 21.3 Å². The van der Waals surface area contributed by atoms with Crippen LogP contribution in [0.3, 0.4) is 0 Å².